The molecule has 0 aliphatic carbocycles. The molecule has 0 aliphatic heterocycles. The summed E-state index contributed by atoms with van der Waals surface area (Å²) in [6.07, 6.45) is 0. The van der Waals surface area contributed by atoms with Crippen molar-refractivity contribution in [2.24, 2.45) is 0 Å². The van der Waals surface area contributed by atoms with Crippen LogP contribution in [0.5, 0.6) is 0 Å². The highest BCUT2D eigenvalue weighted by Gasteiger charge is 2.16. The Morgan fingerprint density at radius 2 is 1.87 bits per heavy atom. The number of thioether (sulfide) groups is 1. The molecular formula is C21H14F3N3O2S2. The number of hydrogen-bond donors (Lipinski definition) is 1. The van der Waals surface area contributed by atoms with Crippen LogP contribution < -0.4 is 10.9 Å². The number of halogens is 3. The molecule has 0 saturated carbocycles. The van der Waals surface area contributed by atoms with Gasteiger partial charge in [0, 0.05) is 17.3 Å². The molecule has 0 atom stereocenters. The second kappa shape index (κ2) is 8.94. The second-order valence-corrected chi connectivity index (χ2v) is 8.34. The average molecular weight is 461 g/mol. The fourth-order valence-electron chi connectivity index (χ4n) is 2.87. The number of rotatable bonds is 6. The first kappa shape index (κ1) is 21.1. The van der Waals surface area contributed by atoms with Gasteiger partial charge < -0.3 is 5.32 Å². The van der Waals surface area contributed by atoms with Gasteiger partial charge in [-0.1, -0.05) is 30.0 Å². The highest BCUT2D eigenvalue weighted by Crippen LogP contribution is 2.23. The number of nitrogens with one attached hydrogen (secondary N) is 1. The number of fused-ring (bicyclic) bond motifs is 1. The zero-order valence-corrected chi connectivity index (χ0v) is 17.4. The predicted molar refractivity (Wildman–Crippen MR) is 115 cm³/mol. The maximum Gasteiger partial charge on any atom is 0.272 e. The van der Waals surface area contributed by atoms with Crippen LogP contribution in [0, 0.1) is 17.5 Å². The molecule has 10 heteroatoms. The topological polar surface area (TPSA) is 64.0 Å². The third kappa shape index (κ3) is 4.64. The van der Waals surface area contributed by atoms with Crippen molar-refractivity contribution in [1.29, 1.82) is 0 Å². The summed E-state index contributed by atoms with van der Waals surface area (Å²) in [4.78, 5) is 29.7. The molecule has 4 aromatic rings. The summed E-state index contributed by atoms with van der Waals surface area (Å²) in [6, 6.07) is 10.8. The van der Waals surface area contributed by atoms with Gasteiger partial charge in [-0.05, 0) is 29.6 Å². The van der Waals surface area contributed by atoms with Gasteiger partial charge in [0.2, 0.25) is 5.91 Å². The minimum absolute atomic E-state index is 0.0422. The van der Waals surface area contributed by atoms with Crippen molar-refractivity contribution in [3.05, 3.63) is 87.3 Å². The molecule has 2 aromatic heterocycles. The number of benzene rings is 2. The van der Waals surface area contributed by atoms with Gasteiger partial charge >= 0.3 is 0 Å². The number of thiophene rings is 1. The van der Waals surface area contributed by atoms with Crippen LogP contribution in [0.2, 0.25) is 0 Å². The Labute approximate surface area is 182 Å². The van der Waals surface area contributed by atoms with Crippen molar-refractivity contribution in [3.8, 4) is 0 Å². The Morgan fingerprint density at radius 3 is 2.65 bits per heavy atom. The van der Waals surface area contributed by atoms with Crippen molar-refractivity contribution in [1.82, 2.24) is 9.55 Å². The third-order valence-electron chi connectivity index (χ3n) is 4.35. The number of anilines is 1. The third-order valence-corrected chi connectivity index (χ3v) is 6.22. The fourth-order valence-corrected chi connectivity index (χ4v) is 4.45. The smallest absolute Gasteiger partial charge is 0.272 e. The molecule has 31 heavy (non-hydrogen) atoms. The molecule has 158 valence electrons. The van der Waals surface area contributed by atoms with Crippen LogP contribution in [0.25, 0.3) is 10.2 Å². The van der Waals surface area contributed by atoms with Crippen LogP contribution in [0.1, 0.15) is 5.56 Å². The van der Waals surface area contributed by atoms with Crippen molar-refractivity contribution < 1.29 is 18.0 Å². The molecule has 2 heterocycles. The summed E-state index contributed by atoms with van der Waals surface area (Å²) in [5, 5.41) is 4.45. The van der Waals surface area contributed by atoms with Crippen molar-refractivity contribution in [2.45, 2.75) is 11.7 Å². The number of aromatic nitrogens is 2. The molecule has 1 N–H and O–H groups in total. The Hall–Kier alpha value is -3.11. The van der Waals surface area contributed by atoms with Gasteiger partial charge in [0.05, 0.1) is 17.8 Å². The molecular weight excluding hydrogens is 447 g/mol. The van der Waals surface area contributed by atoms with Crippen molar-refractivity contribution in [2.75, 3.05) is 11.1 Å². The summed E-state index contributed by atoms with van der Waals surface area (Å²) in [5.41, 5.74) is 0.583. The van der Waals surface area contributed by atoms with Crippen LogP contribution in [0.4, 0.5) is 18.9 Å². The normalized spacial score (nSPS) is 11.1. The summed E-state index contributed by atoms with van der Waals surface area (Å²) < 4.78 is 42.3. The van der Waals surface area contributed by atoms with Gasteiger partial charge in [-0.2, -0.15) is 0 Å². The average Bonchev–Trinajstić information content (AvgIpc) is 3.22. The second-order valence-electron chi connectivity index (χ2n) is 6.48. The summed E-state index contributed by atoms with van der Waals surface area (Å²) in [6.45, 7) is -0.0422. The zero-order chi connectivity index (χ0) is 22.0. The molecule has 0 fully saturated rings. The quantitative estimate of drug-likeness (QED) is 0.335. The number of carbonyl (C=O) groups excluding carboxylic acids is 1. The van der Waals surface area contributed by atoms with Gasteiger partial charge in [0.15, 0.2) is 16.8 Å². The minimum Gasteiger partial charge on any atom is -0.325 e. The van der Waals surface area contributed by atoms with E-state index in [0.29, 0.717) is 15.8 Å². The van der Waals surface area contributed by atoms with Crippen LogP contribution in [0.3, 0.4) is 0 Å². The van der Waals surface area contributed by atoms with E-state index in [-0.39, 0.29) is 28.7 Å². The number of nitrogens with zero attached hydrogens (tertiary/aromatic N) is 2. The molecule has 0 aliphatic rings. The maximum atomic E-state index is 14.1. The first-order valence-corrected chi connectivity index (χ1v) is 10.9. The first-order valence-electron chi connectivity index (χ1n) is 9.01. The molecule has 0 radical (unpaired) electrons. The molecule has 5 nitrogen and oxygen atoms in total. The van der Waals surface area contributed by atoms with E-state index < -0.39 is 23.4 Å². The Kier molecular flexibility index (Phi) is 6.10. The molecule has 0 bridgehead atoms. The van der Waals surface area contributed by atoms with E-state index >= 15 is 0 Å². The van der Waals surface area contributed by atoms with Gasteiger partial charge in [-0.25, -0.2) is 18.2 Å². The van der Waals surface area contributed by atoms with E-state index in [0.717, 1.165) is 23.9 Å². The number of amides is 1. The lowest BCUT2D eigenvalue weighted by molar-refractivity contribution is -0.113. The van der Waals surface area contributed by atoms with E-state index in [2.05, 4.69) is 10.3 Å². The Morgan fingerprint density at radius 1 is 1.06 bits per heavy atom. The van der Waals surface area contributed by atoms with Crippen LogP contribution in [0.15, 0.2) is 63.9 Å². The largest absolute Gasteiger partial charge is 0.325 e. The molecule has 0 unspecified atom stereocenters. The SMILES string of the molecule is O=C(CSc1nc2ccsc2c(=O)n1Cc1ccccc1F)Nc1ccc(F)c(F)c1. The lowest BCUT2D eigenvalue weighted by Crippen LogP contribution is -2.24. The fraction of sp³-hybridized carbons (Fsp3) is 0.0952. The first-order chi connectivity index (χ1) is 14.9. The Bertz CT molecular complexity index is 1340. The molecule has 0 saturated heterocycles. The van der Waals surface area contributed by atoms with Crippen molar-refractivity contribution in [3.63, 3.8) is 0 Å². The highest BCUT2D eigenvalue weighted by molar-refractivity contribution is 7.99. The van der Waals surface area contributed by atoms with Crippen LogP contribution in [-0.2, 0) is 11.3 Å². The maximum absolute atomic E-state index is 14.1. The van der Waals surface area contributed by atoms with Gasteiger partial charge in [-0.15, -0.1) is 11.3 Å². The van der Waals surface area contributed by atoms with E-state index in [1.54, 1.807) is 29.6 Å². The number of carbonyl (C=O) groups is 1. The highest BCUT2D eigenvalue weighted by atomic mass is 32.2. The predicted octanol–water partition coefficient (Wildman–Crippen LogP) is 4.65. The summed E-state index contributed by atoms with van der Waals surface area (Å²) in [7, 11) is 0. The standard InChI is InChI=1S/C21H14F3N3O2S2/c22-14-4-2-1-3-12(14)10-27-20(29)19-17(7-8-30-19)26-21(27)31-11-18(28)25-13-5-6-15(23)16(24)9-13/h1-9H,10-11H2,(H,25,28). The molecule has 1 amide bonds. The Balaban J connectivity index is 1.58. The number of hydrogen-bond acceptors (Lipinski definition) is 5. The molecule has 2 aromatic carbocycles. The van der Waals surface area contributed by atoms with E-state index in [1.807, 2.05) is 0 Å². The minimum atomic E-state index is -1.08. The summed E-state index contributed by atoms with van der Waals surface area (Å²) in [5.74, 6) is -3.18. The summed E-state index contributed by atoms with van der Waals surface area (Å²) >= 11 is 2.23. The molecule has 4 rings (SSSR count). The van der Waals surface area contributed by atoms with Crippen LogP contribution >= 0.6 is 23.1 Å². The van der Waals surface area contributed by atoms with Crippen molar-refractivity contribution >= 4 is 44.9 Å². The van der Waals surface area contributed by atoms with Gasteiger partial charge in [-0.3, -0.25) is 14.2 Å². The van der Waals surface area contributed by atoms with E-state index in [4.69, 9.17) is 0 Å². The van der Waals surface area contributed by atoms with Crippen LogP contribution in [-0.4, -0.2) is 21.2 Å². The van der Waals surface area contributed by atoms with E-state index in [9.17, 15) is 22.8 Å². The van der Waals surface area contributed by atoms with Gasteiger partial charge in [0.1, 0.15) is 10.5 Å². The lowest BCUT2D eigenvalue weighted by atomic mass is 10.2. The monoisotopic (exact) mass is 461 g/mol. The van der Waals surface area contributed by atoms with E-state index in [1.165, 1.54) is 28.0 Å². The zero-order valence-electron chi connectivity index (χ0n) is 15.8. The van der Waals surface area contributed by atoms with Gasteiger partial charge in [0.25, 0.3) is 5.56 Å². The lowest BCUT2D eigenvalue weighted by Gasteiger charge is -2.13. The molecule has 0 spiro atoms.